The molecule has 1 unspecified atom stereocenters. The molecule has 0 radical (unpaired) electrons. The van der Waals surface area contributed by atoms with Gasteiger partial charge in [0.1, 0.15) is 12.3 Å². The Morgan fingerprint density at radius 3 is 2.58 bits per heavy atom. The van der Waals surface area contributed by atoms with E-state index in [1.807, 2.05) is 0 Å². The molecule has 0 aliphatic carbocycles. The van der Waals surface area contributed by atoms with Gasteiger partial charge < -0.3 is 29.6 Å². The summed E-state index contributed by atoms with van der Waals surface area (Å²) in [5.41, 5.74) is -0.353. The number of nitrogens with zero attached hydrogens (tertiary/aromatic N) is 3. The van der Waals surface area contributed by atoms with Gasteiger partial charge in [-0.2, -0.15) is 0 Å². The molecule has 0 spiro atoms. The van der Waals surface area contributed by atoms with Crippen molar-refractivity contribution in [2.75, 3.05) is 13.2 Å². The number of carbonyl (C=O) groups excluding carboxylic acids is 3. The molecule has 2 aromatic rings. The minimum Gasteiger partial charge on any atom is -0.534 e. The number of aromatic nitrogens is 3. The molecule has 2 heterocycles. The molecule has 3 rings (SSSR count). The van der Waals surface area contributed by atoms with E-state index >= 15 is 0 Å². The molecule has 13 nitrogen and oxygen atoms in total. The lowest BCUT2D eigenvalue weighted by atomic mass is 9.72. The van der Waals surface area contributed by atoms with Crippen molar-refractivity contribution in [3.63, 3.8) is 0 Å². The first kappa shape index (κ1) is 23.7. The fraction of sp³-hybridized carbons (Fsp3) is 0.368. The maximum atomic E-state index is 12.6. The third-order valence-corrected chi connectivity index (χ3v) is 4.66. The Labute approximate surface area is 187 Å². The Kier molecular flexibility index (Phi) is 7.28. The van der Waals surface area contributed by atoms with Crippen LogP contribution in [0.25, 0.3) is 0 Å². The number of fused-ring (bicyclic) bond motifs is 1. The third-order valence-electron chi connectivity index (χ3n) is 4.66. The van der Waals surface area contributed by atoms with Gasteiger partial charge >= 0.3 is 25.0 Å². The summed E-state index contributed by atoms with van der Waals surface area (Å²) in [6.45, 7) is 2.68. The van der Waals surface area contributed by atoms with Crippen molar-refractivity contribution < 1.29 is 43.4 Å². The van der Waals surface area contributed by atoms with E-state index < -0.39 is 43.4 Å². The van der Waals surface area contributed by atoms with Gasteiger partial charge in [0.15, 0.2) is 5.69 Å². The number of rotatable bonds is 8. The number of hydrogen-bond donors (Lipinski definition) is 3. The molecule has 1 atom stereocenters. The zero-order chi connectivity index (χ0) is 24.1. The second-order valence-electron chi connectivity index (χ2n) is 6.87. The molecular formula is C19H21BN4O9. The number of carboxylic acids is 1. The summed E-state index contributed by atoms with van der Waals surface area (Å²) in [6, 6.07) is 4.49. The van der Waals surface area contributed by atoms with Crippen molar-refractivity contribution in [1.82, 2.24) is 20.3 Å². The second kappa shape index (κ2) is 10.1. The van der Waals surface area contributed by atoms with Crippen molar-refractivity contribution in [3.05, 3.63) is 40.7 Å². The van der Waals surface area contributed by atoms with Crippen LogP contribution in [0.3, 0.4) is 0 Å². The van der Waals surface area contributed by atoms with E-state index in [2.05, 4.69) is 15.6 Å². The molecular weight excluding hydrogens is 439 g/mol. The van der Waals surface area contributed by atoms with E-state index in [1.165, 1.54) is 12.1 Å². The van der Waals surface area contributed by atoms with Crippen LogP contribution in [0, 0.1) is 0 Å². The van der Waals surface area contributed by atoms with Gasteiger partial charge in [-0.1, -0.05) is 17.3 Å². The van der Waals surface area contributed by atoms with Crippen molar-refractivity contribution in [1.29, 1.82) is 0 Å². The van der Waals surface area contributed by atoms with Gasteiger partial charge in [-0.15, -0.1) is 5.10 Å². The van der Waals surface area contributed by atoms with Gasteiger partial charge in [0.25, 0.3) is 0 Å². The predicted molar refractivity (Wildman–Crippen MR) is 110 cm³/mol. The van der Waals surface area contributed by atoms with Crippen LogP contribution in [0.15, 0.2) is 18.2 Å². The fourth-order valence-electron chi connectivity index (χ4n) is 3.27. The SMILES string of the molecule is CCOC(=O)c1nnn(CC(=O)NC2Cc3cccc(C(=O)O)c3OB2O)c1C(=O)OCC. The second-order valence-corrected chi connectivity index (χ2v) is 6.87. The summed E-state index contributed by atoms with van der Waals surface area (Å²) < 4.78 is 16.0. The number of carbonyl (C=O) groups is 4. The molecule has 14 heteroatoms. The quantitative estimate of drug-likeness (QED) is 0.341. The average Bonchev–Trinajstić information content (AvgIpc) is 3.17. The standard InChI is InChI=1S/C19H21BN4O9/c1-3-31-18(28)14-15(19(29)32-4-2)24(23-22-14)9-13(25)21-12-8-10-6-5-7-11(17(26)27)16(10)33-20(12)30/h5-7,12,30H,3-4,8-9H2,1-2H3,(H,21,25)(H,26,27). The predicted octanol–water partition coefficient (Wildman–Crippen LogP) is -0.531. The number of hydrogen-bond acceptors (Lipinski definition) is 10. The molecule has 33 heavy (non-hydrogen) atoms. The number of carboxylic acid groups (broad SMARTS) is 1. The van der Waals surface area contributed by atoms with Crippen LogP contribution in [0.2, 0.25) is 0 Å². The zero-order valence-corrected chi connectivity index (χ0v) is 17.8. The molecule has 3 N–H and O–H groups in total. The van der Waals surface area contributed by atoms with Crippen LogP contribution in [0.5, 0.6) is 5.75 Å². The van der Waals surface area contributed by atoms with Crippen LogP contribution in [-0.2, 0) is 27.2 Å². The molecule has 0 bridgehead atoms. The van der Waals surface area contributed by atoms with Crippen molar-refractivity contribution in [2.45, 2.75) is 32.8 Å². The fourth-order valence-corrected chi connectivity index (χ4v) is 3.27. The highest BCUT2D eigenvalue weighted by Gasteiger charge is 2.38. The Balaban J connectivity index is 1.77. The number of amides is 1. The normalized spacial score (nSPS) is 14.6. The highest BCUT2D eigenvalue weighted by Crippen LogP contribution is 2.30. The first-order valence-electron chi connectivity index (χ1n) is 10.0. The lowest BCUT2D eigenvalue weighted by Gasteiger charge is -2.28. The Morgan fingerprint density at radius 1 is 1.21 bits per heavy atom. The lowest BCUT2D eigenvalue weighted by Crippen LogP contribution is -2.53. The van der Waals surface area contributed by atoms with E-state index in [0.717, 1.165) is 4.68 Å². The maximum Gasteiger partial charge on any atom is 0.547 e. The third kappa shape index (κ3) is 5.11. The van der Waals surface area contributed by atoms with E-state index in [9.17, 15) is 29.3 Å². The van der Waals surface area contributed by atoms with Gasteiger partial charge in [0.2, 0.25) is 11.6 Å². The highest BCUT2D eigenvalue weighted by molar-refractivity contribution is 6.47. The van der Waals surface area contributed by atoms with Crippen LogP contribution in [0.4, 0.5) is 0 Å². The number of benzene rings is 1. The zero-order valence-electron chi connectivity index (χ0n) is 17.8. The Morgan fingerprint density at radius 2 is 1.91 bits per heavy atom. The molecule has 0 saturated carbocycles. The summed E-state index contributed by atoms with van der Waals surface area (Å²) in [4.78, 5) is 48.4. The molecule has 0 saturated heterocycles. The number of para-hydroxylation sites is 1. The van der Waals surface area contributed by atoms with Crippen LogP contribution < -0.4 is 9.97 Å². The average molecular weight is 460 g/mol. The largest absolute Gasteiger partial charge is 0.547 e. The topological polar surface area (TPSA) is 179 Å². The molecule has 1 aliphatic heterocycles. The summed E-state index contributed by atoms with van der Waals surface area (Å²) in [7, 11) is -1.52. The minimum absolute atomic E-state index is 0.0157. The van der Waals surface area contributed by atoms with E-state index in [0.29, 0.717) is 5.56 Å². The summed E-state index contributed by atoms with van der Waals surface area (Å²) in [5, 5.41) is 29.4. The van der Waals surface area contributed by atoms with Gasteiger partial charge in [-0.05, 0) is 31.9 Å². The van der Waals surface area contributed by atoms with Crippen molar-refractivity contribution >= 4 is 30.9 Å². The number of esters is 2. The monoisotopic (exact) mass is 460 g/mol. The van der Waals surface area contributed by atoms with E-state index in [4.69, 9.17) is 14.1 Å². The molecule has 174 valence electrons. The van der Waals surface area contributed by atoms with Crippen molar-refractivity contribution in [2.24, 2.45) is 0 Å². The summed E-state index contributed by atoms with van der Waals surface area (Å²) >= 11 is 0. The van der Waals surface area contributed by atoms with Crippen LogP contribution in [0.1, 0.15) is 50.7 Å². The highest BCUT2D eigenvalue weighted by atomic mass is 16.5. The van der Waals surface area contributed by atoms with Gasteiger partial charge in [-0.25, -0.2) is 19.1 Å². The molecule has 1 aliphatic rings. The molecule has 1 amide bonds. The van der Waals surface area contributed by atoms with Crippen LogP contribution >= 0.6 is 0 Å². The summed E-state index contributed by atoms with van der Waals surface area (Å²) in [6.07, 6.45) is 0.0968. The van der Waals surface area contributed by atoms with Gasteiger partial charge in [0.05, 0.1) is 24.7 Å². The van der Waals surface area contributed by atoms with Gasteiger partial charge in [-0.3, -0.25) is 4.79 Å². The number of aromatic carboxylic acids is 1. The van der Waals surface area contributed by atoms with Crippen molar-refractivity contribution in [3.8, 4) is 5.75 Å². The van der Waals surface area contributed by atoms with Crippen LogP contribution in [-0.4, -0.2) is 75.2 Å². The minimum atomic E-state index is -1.52. The lowest BCUT2D eigenvalue weighted by molar-refractivity contribution is -0.122. The van der Waals surface area contributed by atoms with E-state index in [-0.39, 0.29) is 42.3 Å². The molecule has 0 fully saturated rings. The first-order chi connectivity index (χ1) is 15.8. The molecule has 1 aromatic heterocycles. The van der Waals surface area contributed by atoms with E-state index in [1.54, 1.807) is 19.9 Å². The number of nitrogens with one attached hydrogen (secondary N) is 1. The Bertz CT molecular complexity index is 1090. The smallest absolute Gasteiger partial charge is 0.534 e. The molecule has 1 aromatic carbocycles. The number of ether oxygens (including phenoxy) is 2. The first-order valence-corrected chi connectivity index (χ1v) is 10.0. The summed E-state index contributed by atoms with van der Waals surface area (Å²) in [5.74, 6) is -4.57. The maximum absolute atomic E-state index is 12.6. The van der Waals surface area contributed by atoms with Gasteiger partial charge in [0, 0.05) is 0 Å². The Hall–Kier alpha value is -3.94.